The fourth-order valence-corrected chi connectivity index (χ4v) is 3.19. The lowest BCUT2D eigenvalue weighted by Crippen LogP contribution is -2.46. The van der Waals surface area contributed by atoms with Crippen molar-refractivity contribution in [3.8, 4) is 0 Å². The SMILES string of the molecule is CC(C)C(N1CC[C@H](C)C1)C(C)(C)C. The largest absolute Gasteiger partial charge is 0.299 e. The van der Waals surface area contributed by atoms with Crippen LogP contribution < -0.4 is 0 Å². The third-order valence-corrected chi connectivity index (χ3v) is 3.37. The highest BCUT2D eigenvalue weighted by atomic mass is 15.2. The van der Waals surface area contributed by atoms with Gasteiger partial charge in [0.1, 0.15) is 0 Å². The molecule has 1 aliphatic rings. The van der Waals surface area contributed by atoms with Crippen LogP contribution in [0.3, 0.4) is 0 Å². The van der Waals surface area contributed by atoms with Crippen molar-refractivity contribution in [2.24, 2.45) is 17.3 Å². The summed E-state index contributed by atoms with van der Waals surface area (Å²) in [5.74, 6) is 1.67. The van der Waals surface area contributed by atoms with Crippen LogP contribution in [0.5, 0.6) is 0 Å². The zero-order valence-corrected chi connectivity index (χ0v) is 10.8. The molecule has 0 aromatic carbocycles. The molecule has 0 spiro atoms. The van der Waals surface area contributed by atoms with Gasteiger partial charge in [-0.25, -0.2) is 0 Å². The molecule has 0 N–H and O–H groups in total. The molecule has 0 radical (unpaired) electrons. The average molecular weight is 197 g/mol. The molecule has 1 rings (SSSR count). The van der Waals surface area contributed by atoms with Gasteiger partial charge in [-0.2, -0.15) is 0 Å². The van der Waals surface area contributed by atoms with Crippen molar-refractivity contribution in [2.45, 2.75) is 54.0 Å². The first kappa shape index (κ1) is 12.0. The van der Waals surface area contributed by atoms with Gasteiger partial charge in [-0.15, -0.1) is 0 Å². The molecule has 0 aromatic rings. The van der Waals surface area contributed by atoms with Crippen LogP contribution in [0.2, 0.25) is 0 Å². The Morgan fingerprint density at radius 3 is 2.07 bits per heavy atom. The molecule has 1 unspecified atom stereocenters. The number of nitrogens with zero attached hydrogens (tertiary/aromatic N) is 1. The summed E-state index contributed by atoms with van der Waals surface area (Å²) in [7, 11) is 0. The highest BCUT2D eigenvalue weighted by molar-refractivity contribution is 4.89. The van der Waals surface area contributed by atoms with E-state index < -0.39 is 0 Å². The van der Waals surface area contributed by atoms with Gasteiger partial charge >= 0.3 is 0 Å². The standard InChI is InChI=1S/C13H27N/c1-10(2)12(13(4,5)6)14-8-7-11(3)9-14/h10-12H,7-9H2,1-6H3/t11-,12?/m0/s1. The molecule has 0 saturated carbocycles. The van der Waals surface area contributed by atoms with E-state index in [9.17, 15) is 0 Å². The van der Waals surface area contributed by atoms with Crippen molar-refractivity contribution in [1.82, 2.24) is 4.90 Å². The van der Waals surface area contributed by atoms with Crippen molar-refractivity contribution in [2.75, 3.05) is 13.1 Å². The minimum atomic E-state index is 0.415. The lowest BCUT2D eigenvalue weighted by molar-refractivity contribution is 0.0811. The molecule has 1 fully saturated rings. The van der Waals surface area contributed by atoms with Crippen molar-refractivity contribution < 1.29 is 0 Å². The predicted molar refractivity (Wildman–Crippen MR) is 63.4 cm³/mol. The minimum absolute atomic E-state index is 0.415. The first-order valence-corrected chi connectivity index (χ1v) is 6.06. The highest BCUT2D eigenvalue weighted by Crippen LogP contribution is 2.33. The number of hydrogen-bond acceptors (Lipinski definition) is 1. The third-order valence-electron chi connectivity index (χ3n) is 3.37. The van der Waals surface area contributed by atoms with Gasteiger partial charge in [0.2, 0.25) is 0 Å². The van der Waals surface area contributed by atoms with E-state index in [4.69, 9.17) is 0 Å². The maximum Gasteiger partial charge on any atom is 0.0167 e. The van der Waals surface area contributed by atoms with Crippen molar-refractivity contribution >= 4 is 0 Å². The van der Waals surface area contributed by atoms with Gasteiger partial charge in [-0.1, -0.05) is 41.5 Å². The maximum atomic E-state index is 2.70. The van der Waals surface area contributed by atoms with Gasteiger partial charge in [0.15, 0.2) is 0 Å². The summed E-state index contributed by atoms with van der Waals surface area (Å²) in [4.78, 5) is 2.70. The van der Waals surface area contributed by atoms with Crippen molar-refractivity contribution in [1.29, 1.82) is 0 Å². The second kappa shape index (κ2) is 4.22. The molecule has 0 aliphatic carbocycles. The van der Waals surface area contributed by atoms with E-state index >= 15 is 0 Å². The summed E-state index contributed by atoms with van der Waals surface area (Å²) in [6.07, 6.45) is 1.39. The molecule has 0 amide bonds. The monoisotopic (exact) mass is 197 g/mol. The summed E-state index contributed by atoms with van der Waals surface area (Å²) >= 11 is 0. The number of hydrogen-bond donors (Lipinski definition) is 0. The van der Waals surface area contributed by atoms with Crippen molar-refractivity contribution in [3.63, 3.8) is 0 Å². The Hall–Kier alpha value is -0.0400. The van der Waals surface area contributed by atoms with E-state index in [0.717, 1.165) is 17.9 Å². The van der Waals surface area contributed by atoms with E-state index in [1.54, 1.807) is 0 Å². The minimum Gasteiger partial charge on any atom is -0.299 e. The molecule has 0 aromatic heterocycles. The van der Waals surface area contributed by atoms with Gasteiger partial charge in [0.25, 0.3) is 0 Å². The lowest BCUT2D eigenvalue weighted by atomic mass is 9.79. The first-order chi connectivity index (χ1) is 6.32. The summed E-state index contributed by atoms with van der Waals surface area (Å²) in [6.45, 7) is 16.8. The van der Waals surface area contributed by atoms with Gasteiger partial charge in [-0.3, -0.25) is 4.90 Å². The molecule has 1 heteroatoms. The topological polar surface area (TPSA) is 3.24 Å². The van der Waals surface area contributed by atoms with Crippen LogP contribution in [0.25, 0.3) is 0 Å². The molecule has 0 bridgehead atoms. The van der Waals surface area contributed by atoms with E-state index in [2.05, 4.69) is 46.4 Å². The molecule has 84 valence electrons. The van der Waals surface area contributed by atoms with Crippen LogP contribution in [0.1, 0.15) is 48.0 Å². The van der Waals surface area contributed by atoms with E-state index in [1.807, 2.05) is 0 Å². The Balaban J connectivity index is 2.69. The van der Waals surface area contributed by atoms with E-state index in [0.29, 0.717) is 5.41 Å². The van der Waals surface area contributed by atoms with E-state index in [-0.39, 0.29) is 0 Å². The van der Waals surface area contributed by atoms with Gasteiger partial charge in [-0.05, 0) is 30.2 Å². The van der Waals surface area contributed by atoms with E-state index in [1.165, 1.54) is 19.5 Å². The third kappa shape index (κ3) is 2.73. The highest BCUT2D eigenvalue weighted by Gasteiger charge is 2.35. The molecule has 1 aliphatic heterocycles. The summed E-state index contributed by atoms with van der Waals surface area (Å²) < 4.78 is 0. The van der Waals surface area contributed by atoms with Gasteiger partial charge < -0.3 is 0 Å². The Bertz CT molecular complexity index is 178. The Labute approximate surface area is 89.9 Å². The van der Waals surface area contributed by atoms with Gasteiger partial charge in [0, 0.05) is 12.6 Å². The zero-order chi connectivity index (χ0) is 10.9. The molecule has 1 saturated heterocycles. The van der Waals surface area contributed by atoms with Crippen LogP contribution in [0, 0.1) is 17.3 Å². The molecular weight excluding hydrogens is 170 g/mol. The fraction of sp³-hybridized carbons (Fsp3) is 1.00. The average Bonchev–Trinajstić information content (AvgIpc) is 2.31. The summed E-state index contributed by atoms with van der Waals surface area (Å²) in [5, 5.41) is 0. The summed E-state index contributed by atoms with van der Waals surface area (Å²) in [6, 6.07) is 0.743. The van der Waals surface area contributed by atoms with Crippen LogP contribution in [-0.4, -0.2) is 24.0 Å². The maximum absolute atomic E-state index is 2.70. The number of likely N-dealkylation sites (tertiary alicyclic amines) is 1. The zero-order valence-electron chi connectivity index (χ0n) is 10.8. The summed E-state index contributed by atoms with van der Waals surface area (Å²) in [5.41, 5.74) is 0.415. The first-order valence-electron chi connectivity index (χ1n) is 6.06. The van der Waals surface area contributed by atoms with Gasteiger partial charge in [0.05, 0.1) is 0 Å². The Morgan fingerprint density at radius 1 is 1.21 bits per heavy atom. The Kier molecular flexibility index (Phi) is 3.63. The molecule has 1 heterocycles. The quantitative estimate of drug-likeness (QED) is 0.656. The predicted octanol–water partition coefficient (Wildman–Crippen LogP) is 3.40. The number of rotatable bonds is 2. The second-order valence-corrected chi connectivity index (χ2v) is 6.44. The molecule has 2 atom stereocenters. The van der Waals surface area contributed by atoms with Crippen LogP contribution in [0.15, 0.2) is 0 Å². The Morgan fingerprint density at radius 2 is 1.79 bits per heavy atom. The second-order valence-electron chi connectivity index (χ2n) is 6.44. The smallest absolute Gasteiger partial charge is 0.0167 e. The molecular formula is C13H27N. The van der Waals surface area contributed by atoms with Crippen LogP contribution >= 0.6 is 0 Å². The lowest BCUT2D eigenvalue weighted by Gasteiger charge is -2.41. The van der Waals surface area contributed by atoms with Crippen LogP contribution in [-0.2, 0) is 0 Å². The van der Waals surface area contributed by atoms with Crippen molar-refractivity contribution in [3.05, 3.63) is 0 Å². The normalized spacial score (nSPS) is 27.2. The molecule has 14 heavy (non-hydrogen) atoms. The van der Waals surface area contributed by atoms with Crippen LogP contribution in [0.4, 0.5) is 0 Å². The molecule has 1 nitrogen and oxygen atoms in total. The fourth-order valence-electron chi connectivity index (χ4n) is 3.19.